The maximum atomic E-state index is 12.7. The second-order valence-corrected chi connectivity index (χ2v) is 7.12. The third-order valence-electron chi connectivity index (χ3n) is 5.07. The summed E-state index contributed by atoms with van der Waals surface area (Å²) in [5.74, 6) is -1.11. The Bertz CT molecular complexity index is 923. The summed E-state index contributed by atoms with van der Waals surface area (Å²) in [6.07, 6.45) is 0.815. The first-order valence-corrected chi connectivity index (χ1v) is 9.42. The topological polar surface area (TPSA) is 95.9 Å². The highest BCUT2D eigenvalue weighted by atomic mass is 16.5. The number of rotatable bonds is 7. The van der Waals surface area contributed by atoms with Crippen LogP contribution in [-0.4, -0.2) is 40.9 Å². The second kappa shape index (κ2) is 8.77. The number of carbonyl (C=O) groups excluding carboxylic acids is 2. The van der Waals surface area contributed by atoms with Gasteiger partial charge in [0.25, 0.3) is 0 Å². The summed E-state index contributed by atoms with van der Waals surface area (Å²) in [5.41, 5.74) is 2.79. The maximum absolute atomic E-state index is 12.7. The standard InChI is InChI=1S/C22H24N2O5/c1-14-3-5-15(6-4-14)13-24-18(8-10-20(24)25)21(26)23-12-16-7-9-19(29-2)17(11-16)22(27)28/h3-7,9,11,18H,8,10,12-13H2,1-2H3,(H,23,26)(H,27,28). The fraction of sp³-hybridized carbons (Fsp3) is 0.318. The van der Waals surface area contributed by atoms with Crippen molar-refractivity contribution in [2.45, 2.75) is 38.9 Å². The lowest BCUT2D eigenvalue weighted by atomic mass is 10.1. The van der Waals surface area contributed by atoms with E-state index in [0.717, 1.165) is 11.1 Å². The van der Waals surface area contributed by atoms with E-state index in [9.17, 15) is 19.5 Å². The number of benzene rings is 2. The van der Waals surface area contributed by atoms with Crippen LogP contribution in [0.15, 0.2) is 42.5 Å². The molecule has 3 rings (SSSR count). The first-order chi connectivity index (χ1) is 13.9. The molecule has 0 radical (unpaired) electrons. The molecular weight excluding hydrogens is 372 g/mol. The molecule has 0 aromatic heterocycles. The van der Waals surface area contributed by atoms with Gasteiger partial charge in [-0.1, -0.05) is 35.9 Å². The number of carbonyl (C=O) groups is 3. The van der Waals surface area contributed by atoms with Gasteiger partial charge in [-0.25, -0.2) is 4.79 Å². The molecule has 7 nitrogen and oxygen atoms in total. The Morgan fingerprint density at radius 1 is 1.17 bits per heavy atom. The minimum atomic E-state index is -1.10. The van der Waals surface area contributed by atoms with E-state index in [1.165, 1.54) is 13.2 Å². The Kier molecular flexibility index (Phi) is 6.16. The summed E-state index contributed by atoms with van der Waals surface area (Å²) in [5, 5.41) is 12.1. The fourth-order valence-corrected chi connectivity index (χ4v) is 3.43. The van der Waals surface area contributed by atoms with Gasteiger partial charge in [0.1, 0.15) is 17.4 Å². The van der Waals surface area contributed by atoms with E-state index in [1.54, 1.807) is 17.0 Å². The lowest BCUT2D eigenvalue weighted by Gasteiger charge is -2.24. The molecular formula is C22H24N2O5. The molecule has 29 heavy (non-hydrogen) atoms. The first kappa shape index (κ1) is 20.4. The van der Waals surface area contributed by atoms with Gasteiger partial charge in [-0.2, -0.15) is 0 Å². The van der Waals surface area contributed by atoms with Crippen LogP contribution in [0.4, 0.5) is 0 Å². The third kappa shape index (κ3) is 4.74. The molecule has 1 heterocycles. The van der Waals surface area contributed by atoms with Crippen molar-refractivity contribution in [1.82, 2.24) is 10.2 Å². The Balaban J connectivity index is 1.66. The third-order valence-corrected chi connectivity index (χ3v) is 5.07. The van der Waals surface area contributed by atoms with Crippen LogP contribution in [0.1, 0.15) is 39.9 Å². The summed E-state index contributed by atoms with van der Waals surface area (Å²) in [7, 11) is 1.41. The van der Waals surface area contributed by atoms with Crippen molar-refractivity contribution in [2.75, 3.05) is 7.11 Å². The average molecular weight is 396 g/mol. The zero-order valence-corrected chi connectivity index (χ0v) is 16.5. The van der Waals surface area contributed by atoms with Crippen LogP contribution in [-0.2, 0) is 22.7 Å². The normalized spacial score (nSPS) is 16.0. The van der Waals surface area contributed by atoms with Gasteiger partial charge in [0.15, 0.2) is 0 Å². The molecule has 1 atom stereocenters. The molecule has 2 aromatic rings. The highest BCUT2D eigenvalue weighted by Crippen LogP contribution is 2.23. The number of hydrogen-bond acceptors (Lipinski definition) is 4. The minimum absolute atomic E-state index is 0.0382. The van der Waals surface area contributed by atoms with Crippen LogP contribution in [0.3, 0.4) is 0 Å². The molecule has 1 unspecified atom stereocenters. The van der Waals surface area contributed by atoms with Gasteiger partial charge < -0.3 is 20.1 Å². The van der Waals surface area contributed by atoms with E-state index < -0.39 is 12.0 Å². The first-order valence-electron chi connectivity index (χ1n) is 9.42. The van der Waals surface area contributed by atoms with Gasteiger partial charge in [0.05, 0.1) is 7.11 Å². The van der Waals surface area contributed by atoms with Gasteiger partial charge >= 0.3 is 5.97 Å². The molecule has 1 saturated heterocycles. The molecule has 0 bridgehead atoms. The van der Waals surface area contributed by atoms with E-state index in [2.05, 4.69) is 5.32 Å². The van der Waals surface area contributed by atoms with E-state index in [-0.39, 0.29) is 29.7 Å². The average Bonchev–Trinajstić information content (AvgIpc) is 3.08. The molecule has 0 aliphatic carbocycles. The number of carboxylic acid groups (broad SMARTS) is 1. The molecule has 2 aromatic carbocycles. The lowest BCUT2D eigenvalue weighted by Crippen LogP contribution is -2.44. The number of aromatic carboxylic acids is 1. The number of amides is 2. The van der Waals surface area contributed by atoms with E-state index in [1.807, 2.05) is 31.2 Å². The van der Waals surface area contributed by atoms with Crippen molar-refractivity contribution in [2.24, 2.45) is 0 Å². The van der Waals surface area contributed by atoms with Crippen molar-refractivity contribution in [3.8, 4) is 5.75 Å². The van der Waals surface area contributed by atoms with Crippen LogP contribution in [0.5, 0.6) is 5.75 Å². The zero-order chi connectivity index (χ0) is 21.0. The summed E-state index contributed by atoms with van der Waals surface area (Å²) in [4.78, 5) is 38.0. The molecule has 0 saturated carbocycles. The fourth-order valence-electron chi connectivity index (χ4n) is 3.43. The van der Waals surface area contributed by atoms with E-state index in [0.29, 0.717) is 24.9 Å². The predicted molar refractivity (Wildman–Crippen MR) is 107 cm³/mol. The van der Waals surface area contributed by atoms with Crippen LogP contribution in [0.25, 0.3) is 0 Å². The molecule has 1 fully saturated rings. The van der Waals surface area contributed by atoms with Gasteiger partial charge in [-0.3, -0.25) is 9.59 Å². The monoisotopic (exact) mass is 396 g/mol. The number of likely N-dealkylation sites (tertiary alicyclic amines) is 1. The molecule has 1 aliphatic rings. The van der Waals surface area contributed by atoms with Crippen LogP contribution in [0, 0.1) is 6.92 Å². The number of hydrogen-bond donors (Lipinski definition) is 2. The van der Waals surface area contributed by atoms with E-state index >= 15 is 0 Å². The number of nitrogens with zero attached hydrogens (tertiary/aromatic N) is 1. The van der Waals surface area contributed by atoms with Gasteiger partial charge in [-0.05, 0) is 36.6 Å². The Hall–Kier alpha value is -3.35. The van der Waals surface area contributed by atoms with Gasteiger partial charge in [0.2, 0.25) is 11.8 Å². The van der Waals surface area contributed by atoms with Crippen LogP contribution in [0.2, 0.25) is 0 Å². The minimum Gasteiger partial charge on any atom is -0.496 e. The quantitative estimate of drug-likeness (QED) is 0.750. The molecule has 152 valence electrons. The van der Waals surface area contributed by atoms with Gasteiger partial charge in [0, 0.05) is 19.5 Å². The predicted octanol–water partition coefficient (Wildman–Crippen LogP) is 2.51. The van der Waals surface area contributed by atoms with Crippen LogP contribution >= 0.6 is 0 Å². The van der Waals surface area contributed by atoms with E-state index in [4.69, 9.17) is 4.74 Å². The van der Waals surface area contributed by atoms with Crippen molar-refractivity contribution in [1.29, 1.82) is 0 Å². The molecule has 2 N–H and O–H groups in total. The molecule has 7 heteroatoms. The zero-order valence-electron chi connectivity index (χ0n) is 16.5. The summed E-state index contributed by atoms with van der Waals surface area (Å²) >= 11 is 0. The number of nitrogens with one attached hydrogen (secondary N) is 1. The summed E-state index contributed by atoms with van der Waals surface area (Å²) < 4.78 is 5.05. The summed E-state index contributed by atoms with van der Waals surface area (Å²) in [6, 6.07) is 12.1. The molecule has 2 amide bonds. The van der Waals surface area contributed by atoms with Crippen molar-refractivity contribution in [3.05, 3.63) is 64.7 Å². The highest BCUT2D eigenvalue weighted by Gasteiger charge is 2.35. The Labute approximate surface area is 169 Å². The number of ether oxygens (including phenoxy) is 1. The van der Waals surface area contributed by atoms with Gasteiger partial charge in [-0.15, -0.1) is 0 Å². The number of carboxylic acids is 1. The van der Waals surface area contributed by atoms with Crippen molar-refractivity contribution >= 4 is 17.8 Å². The van der Waals surface area contributed by atoms with Crippen LogP contribution < -0.4 is 10.1 Å². The lowest BCUT2D eigenvalue weighted by molar-refractivity contribution is -0.135. The smallest absolute Gasteiger partial charge is 0.339 e. The second-order valence-electron chi connectivity index (χ2n) is 7.12. The largest absolute Gasteiger partial charge is 0.496 e. The SMILES string of the molecule is COc1ccc(CNC(=O)C2CCC(=O)N2Cc2ccc(C)cc2)cc1C(=O)O. The molecule has 1 aliphatic heterocycles. The number of aryl methyl sites for hydroxylation is 1. The van der Waals surface area contributed by atoms with Crippen molar-refractivity contribution < 1.29 is 24.2 Å². The highest BCUT2D eigenvalue weighted by molar-refractivity contribution is 5.92. The Morgan fingerprint density at radius 2 is 1.86 bits per heavy atom. The Morgan fingerprint density at radius 3 is 2.52 bits per heavy atom. The maximum Gasteiger partial charge on any atom is 0.339 e. The summed E-state index contributed by atoms with van der Waals surface area (Å²) in [6.45, 7) is 2.56. The number of methoxy groups -OCH3 is 1. The van der Waals surface area contributed by atoms with Crippen molar-refractivity contribution in [3.63, 3.8) is 0 Å². The molecule has 0 spiro atoms.